The van der Waals surface area contributed by atoms with Crippen molar-refractivity contribution in [3.8, 4) is 0 Å². The standard InChI is InChI=1S/C15H20ClN3S/c1-3-10-19-15(8-9-18-19)14(17-2)11-20-13-6-4-12(16)5-7-13/h4-9,14,17H,3,10-11H2,1-2H3. The van der Waals surface area contributed by atoms with Gasteiger partial charge in [-0.3, -0.25) is 4.68 Å². The van der Waals surface area contributed by atoms with Crippen molar-refractivity contribution in [1.82, 2.24) is 15.1 Å². The smallest absolute Gasteiger partial charge is 0.0584 e. The van der Waals surface area contributed by atoms with Gasteiger partial charge in [-0.2, -0.15) is 5.10 Å². The average Bonchev–Trinajstić information content (AvgIpc) is 2.90. The van der Waals surface area contributed by atoms with Crippen molar-refractivity contribution in [2.45, 2.75) is 30.8 Å². The van der Waals surface area contributed by atoms with E-state index in [1.54, 1.807) is 0 Å². The molecular weight excluding hydrogens is 290 g/mol. The van der Waals surface area contributed by atoms with E-state index in [1.165, 1.54) is 10.6 Å². The van der Waals surface area contributed by atoms with Gasteiger partial charge < -0.3 is 5.32 Å². The molecule has 1 aromatic carbocycles. The maximum absolute atomic E-state index is 5.91. The minimum atomic E-state index is 0.296. The Morgan fingerprint density at radius 2 is 2.05 bits per heavy atom. The fourth-order valence-corrected chi connectivity index (χ4v) is 3.22. The molecule has 1 N–H and O–H groups in total. The zero-order chi connectivity index (χ0) is 14.4. The van der Waals surface area contributed by atoms with Crippen LogP contribution in [0.3, 0.4) is 0 Å². The molecule has 3 nitrogen and oxygen atoms in total. The molecule has 0 amide bonds. The first-order valence-electron chi connectivity index (χ1n) is 6.82. The van der Waals surface area contributed by atoms with E-state index in [9.17, 15) is 0 Å². The fourth-order valence-electron chi connectivity index (χ4n) is 2.06. The van der Waals surface area contributed by atoms with Crippen molar-refractivity contribution in [2.75, 3.05) is 12.8 Å². The predicted molar refractivity (Wildman–Crippen MR) is 86.5 cm³/mol. The van der Waals surface area contributed by atoms with Gasteiger partial charge in [0.25, 0.3) is 0 Å². The molecule has 20 heavy (non-hydrogen) atoms. The molecule has 2 aromatic rings. The SMILES string of the molecule is CCCn1nccc1C(CSc1ccc(Cl)cc1)NC. The van der Waals surface area contributed by atoms with Crippen LogP contribution in [0.15, 0.2) is 41.4 Å². The molecule has 0 radical (unpaired) electrons. The molecule has 0 spiro atoms. The number of aromatic nitrogens is 2. The normalized spacial score (nSPS) is 12.6. The van der Waals surface area contributed by atoms with E-state index in [1.807, 2.05) is 37.1 Å². The molecule has 0 aliphatic rings. The molecule has 1 heterocycles. The van der Waals surface area contributed by atoms with Gasteiger partial charge >= 0.3 is 0 Å². The van der Waals surface area contributed by atoms with Crippen LogP contribution in [0, 0.1) is 0 Å². The third-order valence-electron chi connectivity index (χ3n) is 3.12. The average molecular weight is 310 g/mol. The van der Waals surface area contributed by atoms with Crippen molar-refractivity contribution >= 4 is 23.4 Å². The molecule has 1 atom stereocenters. The van der Waals surface area contributed by atoms with Gasteiger partial charge in [0.1, 0.15) is 0 Å². The third kappa shape index (κ3) is 4.01. The zero-order valence-electron chi connectivity index (χ0n) is 11.8. The van der Waals surface area contributed by atoms with Crippen molar-refractivity contribution in [3.05, 3.63) is 47.2 Å². The lowest BCUT2D eigenvalue weighted by Crippen LogP contribution is -2.22. The summed E-state index contributed by atoms with van der Waals surface area (Å²) in [4.78, 5) is 1.23. The van der Waals surface area contributed by atoms with Crippen LogP contribution in [0.25, 0.3) is 0 Å². The quantitative estimate of drug-likeness (QED) is 0.784. The lowest BCUT2D eigenvalue weighted by Gasteiger charge is -2.17. The summed E-state index contributed by atoms with van der Waals surface area (Å²) in [6.45, 7) is 3.13. The van der Waals surface area contributed by atoms with Crippen LogP contribution in [-0.4, -0.2) is 22.6 Å². The van der Waals surface area contributed by atoms with E-state index in [0.29, 0.717) is 6.04 Å². The molecule has 1 aromatic heterocycles. The number of aryl methyl sites for hydroxylation is 1. The first kappa shape index (κ1) is 15.4. The summed E-state index contributed by atoms with van der Waals surface area (Å²) in [7, 11) is 2.00. The van der Waals surface area contributed by atoms with Crippen LogP contribution in [0.1, 0.15) is 25.1 Å². The Kier molecular flexibility index (Phi) is 5.95. The Bertz CT molecular complexity index is 524. The Labute approximate surface area is 129 Å². The number of thioether (sulfide) groups is 1. The number of hydrogen-bond acceptors (Lipinski definition) is 3. The number of nitrogens with zero attached hydrogens (tertiary/aromatic N) is 2. The van der Waals surface area contributed by atoms with Crippen molar-refractivity contribution in [3.63, 3.8) is 0 Å². The van der Waals surface area contributed by atoms with Crippen LogP contribution in [0.2, 0.25) is 5.02 Å². The van der Waals surface area contributed by atoms with Gasteiger partial charge in [-0.25, -0.2) is 0 Å². The van der Waals surface area contributed by atoms with Crippen LogP contribution >= 0.6 is 23.4 Å². The largest absolute Gasteiger partial charge is 0.311 e. The third-order valence-corrected chi connectivity index (χ3v) is 4.48. The summed E-state index contributed by atoms with van der Waals surface area (Å²) in [6.07, 6.45) is 2.97. The van der Waals surface area contributed by atoms with E-state index in [-0.39, 0.29) is 0 Å². The lowest BCUT2D eigenvalue weighted by atomic mass is 10.2. The van der Waals surface area contributed by atoms with E-state index in [2.05, 4.69) is 40.2 Å². The maximum atomic E-state index is 5.91. The van der Waals surface area contributed by atoms with Gasteiger partial charge in [-0.1, -0.05) is 18.5 Å². The summed E-state index contributed by atoms with van der Waals surface area (Å²) >= 11 is 7.73. The molecule has 2 rings (SSSR count). The van der Waals surface area contributed by atoms with Gasteiger partial charge in [-0.05, 0) is 43.8 Å². The summed E-state index contributed by atoms with van der Waals surface area (Å²) in [5.74, 6) is 0.966. The summed E-state index contributed by atoms with van der Waals surface area (Å²) in [5.41, 5.74) is 1.25. The topological polar surface area (TPSA) is 29.9 Å². The Hall–Kier alpha value is -0.970. The molecular formula is C15H20ClN3S. The van der Waals surface area contributed by atoms with Gasteiger partial charge in [0, 0.05) is 28.4 Å². The number of nitrogens with one attached hydrogen (secondary N) is 1. The number of halogens is 1. The van der Waals surface area contributed by atoms with Crippen molar-refractivity contribution in [2.24, 2.45) is 0 Å². The Balaban J connectivity index is 2.01. The summed E-state index contributed by atoms with van der Waals surface area (Å²) in [6, 6.07) is 10.4. The molecule has 0 aliphatic heterocycles. The van der Waals surface area contributed by atoms with E-state index in [0.717, 1.165) is 23.7 Å². The van der Waals surface area contributed by atoms with Gasteiger partial charge in [-0.15, -0.1) is 11.8 Å². The summed E-state index contributed by atoms with van der Waals surface area (Å²) in [5, 5.41) is 8.55. The van der Waals surface area contributed by atoms with Crippen LogP contribution in [0.4, 0.5) is 0 Å². The fraction of sp³-hybridized carbons (Fsp3) is 0.400. The number of hydrogen-bond donors (Lipinski definition) is 1. The lowest BCUT2D eigenvalue weighted by molar-refractivity contribution is 0.524. The second-order valence-electron chi connectivity index (χ2n) is 4.59. The van der Waals surface area contributed by atoms with Gasteiger partial charge in [0.05, 0.1) is 11.7 Å². The highest BCUT2D eigenvalue weighted by molar-refractivity contribution is 7.99. The second-order valence-corrected chi connectivity index (χ2v) is 6.12. The Morgan fingerprint density at radius 1 is 1.30 bits per heavy atom. The van der Waals surface area contributed by atoms with E-state index >= 15 is 0 Å². The second kappa shape index (κ2) is 7.72. The molecule has 5 heteroatoms. The molecule has 0 saturated carbocycles. The van der Waals surface area contributed by atoms with Crippen LogP contribution in [-0.2, 0) is 6.54 Å². The molecule has 108 valence electrons. The van der Waals surface area contributed by atoms with Gasteiger partial charge in [0.2, 0.25) is 0 Å². The van der Waals surface area contributed by atoms with E-state index < -0.39 is 0 Å². The monoisotopic (exact) mass is 309 g/mol. The molecule has 0 fully saturated rings. The van der Waals surface area contributed by atoms with Crippen molar-refractivity contribution in [1.29, 1.82) is 0 Å². The molecule has 0 saturated heterocycles. The van der Waals surface area contributed by atoms with E-state index in [4.69, 9.17) is 11.6 Å². The first-order valence-corrected chi connectivity index (χ1v) is 8.18. The number of benzene rings is 1. The first-order chi connectivity index (χ1) is 9.74. The summed E-state index contributed by atoms with van der Waals surface area (Å²) < 4.78 is 2.09. The minimum absolute atomic E-state index is 0.296. The maximum Gasteiger partial charge on any atom is 0.0584 e. The molecule has 0 aliphatic carbocycles. The predicted octanol–water partition coefficient (Wildman–Crippen LogP) is 4.00. The van der Waals surface area contributed by atoms with Crippen LogP contribution < -0.4 is 5.32 Å². The highest BCUT2D eigenvalue weighted by Gasteiger charge is 2.14. The molecule has 1 unspecified atom stereocenters. The number of rotatable bonds is 7. The van der Waals surface area contributed by atoms with Crippen molar-refractivity contribution < 1.29 is 0 Å². The molecule has 0 bridgehead atoms. The van der Waals surface area contributed by atoms with Crippen LogP contribution in [0.5, 0.6) is 0 Å². The minimum Gasteiger partial charge on any atom is -0.311 e. The zero-order valence-corrected chi connectivity index (χ0v) is 13.4. The highest BCUT2D eigenvalue weighted by Crippen LogP contribution is 2.25. The Morgan fingerprint density at radius 3 is 2.70 bits per heavy atom. The highest BCUT2D eigenvalue weighted by atomic mass is 35.5. The van der Waals surface area contributed by atoms with Gasteiger partial charge in [0.15, 0.2) is 0 Å².